The van der Waals surface area contributed by atoms with Crippen LogP contribution >= 0.6 is 12.2 Å². The Hall–Kier alpha value is -0.680. The average molecular weight is 227 g/mol. The lowest BCUT2D eigenvalue weighted by Crippen LogP contribution is -2.17. The molecule has 1 N–H and O–H groups in total. The molecule has 2 rings (SSSR count). The Morgan fingerprint density at radius 3 is 3.20 bits per heavy atom. The Morgan fingerprint density at radius 1 is 1.67 bits per heavy atom. The minimum absolute atomic E-state index is 0.324. The van der Waals surface area contributed by atoms with E-state index in [1.54, 1.807) is 0 Å². The summed E-state index contributed by atoms with van der Waals surface area (Å²) in [4.78, 5) is 0. The molecule has 0 amide bonds. The highest BCUT2D eigenvalue weighted by atomic mass is 32.1. The smallest absolute Gasteiger partial charge is 0.195 e. The van der Waals surface area contributed by atoms with Crippen molar-refractivity contribution in [3.8, 4) is 0 Å². The van der Waals surface area contributed by atoms with Crippen molar-refractivity contribution in [3.05, 3.63) is 10.6 Å². The Labute approximate surface area is 94.6 Å². The van der Waals surface area contributed by atoms with Gasteiger partial charge in [-0.05, 0) is 31.5 Å². The molecule has 0 bridgehead atoms. The van der Waals surface area contributed by atoms with Crippen LogP contribution < -0.4 is 0 Å². The van der Waals surface area contributed by atoms with Gasteiger partial charge >= 0.3 is 0 Å². The summed E-state index contributed by atoms with van der Waals surface area (Å²) < 4.78 is 8.40. The minimum Gasteiger partial charge on any atom is -0.376 e. The molecule has 1 unspecified atom stereocenters. The fraction of sp³-hybridized carbons (Fsp3) is 0.800. The maximum Gasteiger partial charge on any atom is 0.195 e. The van der Waals surface area contributed by atoms with Gasteiger partial charge in [0.15, 0.2) is 4.77 Å². The van der Waals surface area contributed by atoms with Gasteiger partial charge in [-0.1, -0.05) is 6.92 Å². The number of aryl methyl sites for hydroxylation is 1. The van der Waals surface area contributed by atoms with Crippen LogP contribution in [0.25, 0.3) is 0 Å². The summed E-state index contributed by atoms with van der Waals surface area (Å²) >= 11 is 5.21. The van der Waals surface area contributed by atoms with Crippen molar-refractivity contribution < 1.29 is 4.74 Å². The lowest BCUT2D eigenvalue weighted by molar-refractivity contribution is 0.0959. The van der Waals surface area contributed by atoms with Gasteiger partial charge in [-0.2, -0.15) is 5.10 Å². The molecule has 0 aliphatic carbocycles. The second-order valence-electron chi connectivity index (χ2n) is 3.94. The first-order valence-corrected chi connectivity index (χ1v) is 5.97. The molecular weight excluding hydrogens is 210 g/mol. The summed E-state index contributed by atoms with van der Waals surface area (Å²) in [5.74, 6) is 1.05. The molecular formula is C10H17N3OS. The first-order valence-electron chi connectivity index (χ1n) is 5.57. The molecule has 1 aliphatic heterocycles. The molecule has 2 heterocycles. The van der Waals surface area contributed by atoms with Crippen LogP contribution in [0.15, 0.2) is 0 Å². The van der Waals surface area contributed by atoms with Gasteiger partial charge in [-0.15, -0.1) is 0 Å². The van der Waals surface area contributed by atoms with E-state index in [0.717, 1.165) is 38.2 Å². The van der Waals surface area contributed by atoms with E-state index in [0.29, 0.717) is 10.9 Å². The van der Waals surface area contributed by atoms with Gasteiger partial charge in [0.25, 0.3) is 0 Å². The SMILES string of the molecule is CCCc1n[nH]c(=S)n1CC1CCCO1. The van der Waals surface area contributed by atoms with Crippen LogP contribution in [0, 0.1) is 4.77 Å². The van der Waals surface area contributed by atoms with E-state index in [4.69, 9.17) is 17.0 Å². The van der Waals surface area contributed by atoms with Crippen molar-refractivity contribution in [2.75, 3.05) is 6.61 Å². The van der Waals surface area contributed by atoms with Crippen molar-refractivity contribution >= 4 is 12.2 Å². The van der Waals surface area contributed by atoms with Crippen LogP contribution in [0.3, 0.4) is 0 Å². The number of rotatable bonds is 4. The molecule has 1 saturated heterocycles. The fourth-order valence-corrected chi connectivity index (χ4v) is 2.17. The summed E-state index contributed by atoms with van der Waals surface area (Å²) in [5, 5.41) is 7.09. The fourth-order valence-electron chi connectivity index (χ4n) is 1.94. The molecule has 1 fully saturated rings. The van der Waals surface area contributed by atoms with E-state index in [2.05, 4.69) is 21.7 Å². The van der Waals surface area contributed by atoms with Crippen LogP contribution in [0.4, 0.5) is 0 Å². The number of hydrogen-bond acceptors (Lipinski definition) is 3. The van der Waals surface area contributed by atoms with Gasteiger partial charge in [0.05, 0.1) is 12.6 Å². The number of ether oxygens (including phenoxy) is 1. The Balaban J connectivity index is 2.10. The van der Waals surface area contributed by atoms with Crippen LogP contribution in [0.2, 0.25) is 0 Å². The van der Waals surface area contributed by atoms with Gasteiger partial charge in [0.2, 0.25) is 0 Å². The molecule has 5 heteroatoms. The normalized spacial score (nSPS) is 21.0. The van der Waals surface area contributed by atoms with Crippen LogP contribution in [-0.4, -0.2) is 27.5 Å². The molecule has 84 valence electrons. The quantitative estimate of drug-likeness (QED) is 0.801. The van der Waals surface area contributed by atoms with Gasteiger partial charge in [0.1, 0.15) is 5.82 Å². The molecule has 0 saturated carbocycles. The van der Waals surface area contributed by atoms with Gasteiger partial charge in [0, 0.05) is 13.0 Å². The molecule has 1 atom stereocenters. The van der Waals surface area contributed by atoms with Crippen molar-refractivity contribution in [2.45, 2.75) is 45.3 Å². The summed E-state index contributed by atoms with van der Waals surface area (Å²) in [6.07, 6.45) is 4.69. The lowest BCUT2D eigenvalue weighted by atomic mass is 10.2. The van der Waals surface area contributed by atoms with Gasteiger partial charge in [-0.25, -0.2) is 0 Å². The van der Waals surface area contributed by atoms with Crippen LogP contribution in [0.5, 0.6) is 0 Å². The number of aromatic nitrogens is 3. The van der Waals surface area contributed by atoms with Crippen molar-refractivity contribution in [2.24, 2.45) is 0 Å². The molecule has 0 aromatic carbocycles. The maximum absolute atomic E-state index is 5.61. The number of aromatic amines is 1. The Kier molecular flexibility index (Phi) is 3.53. The van der Waals surface area contributed by atoms with E-state index < -0.39 is 0 Å². The zero-order chi connectivity index (χ0) is 10.7. The van der Waals surface area contributed by atoms with E-state index in [-0.39, 0.29) is 0 Å². The van der Waals surface area contributed by atoms with E-state index in [1.165, 1.54) is 6.42 Å². The zero-order valence-electron chi connectivity index (χ0n) is 9.03. The summed E-state index contributed by atoms with van der Waals surface area (Å²) in [6, 6.07) is 0. The first kappa shape index (κ1) is 10.8. The highest BCUT2D eigenvalue weighted by Crippen LogP contribution is 2.15. The molecule has 1 aromatic rings. The van der Waals surface area contributed by atoms with E-state index in [1.807, 2.05) is 0 Å². The van der Waals surface area contributed by atoms with E-state index >= 15 is 0 Å². The molecule has 0 spiro atoms. The number of H-pyrrole nitrogens is 1. The highest BCUT2D eigenvalue weighted by molar-refractivity contribution is 7.71. The second-order valence-corrected chi connectivity index (χ2v) is 4.33. The van der Waals surface area contributed by atoms with E-state index in [9.17, 15) is 0 Å². The average Bonchev–Trinajstić information content (AvgIpc) is 2.83. The Morgan fingerprint density at radius 2 is 2.53 bits per heavy atom. The van der Waals surface area contributed by atoms with Crippen LogP contribution in [-0.2, 0) is 17.7 Å². The largest absolute Gasteiger partial charge is 0.376 e. The topological polar surface area (TPSA) is 42.8 Å². The monoisotopic (exact) mass is 227 g/mol. The number of hydrogen-bond donors (Lipinski definition) is 1. The number of nitrogens with one attached hydrogen (secondary N) is 1. The predicted octanol–water partition coefficient (Wildman–Crippen LogP) is 2.07. The summed E-state index contributed by atoms with van der Waals surface area (Å²) in [6.45, 7) is 3.89. The second kappa shape index (κ2) is 4.90. The van der Waals surface area contributed by atoms with Crippen molar-refractivity contribution in [1.82, 2.24) is 14.8 Å². The van der Waals surface area contributed by atoms with Crippen LogP contribution in [0.1, 0.15) is 32.0 Å². The third-order valence-electron chi connectivity index (χ3n) is 2.72. The first-order chi connectivity index (χ1) is 7.31. The standard InChI is InChI=1S/C10H17N3OS/c1-2-4-9-11-12-10(15)13(9)7-8-5-3-6-14-8/h8H,2-7H2,1H3,(H,12,15). The van der Waals surface area contributed by atoms with Crippen molar-refractivity contribution in [3.63, 3.8) is 0 Å². The summed E-state index contributed by atoms with van der Waals surface area (Å²) in [7, 11) is 0. The molecule has 1 aromatic heterocycles. The van der Waals surface area contributed by atoms with Crippen molar-refractivity contribution in [1.29, 1.82) is 0 Å². The molecule has 15 heavy (non-hydrogen) atoms. The molecule has 0 radical (unpaired) electrons. The van der Waals surface area contributed by atoms with Gasteiger partial charge < -0.3 is 9.30 Å². The third kappa shape index (κ3) is 2.46. The lowest BCUT2D eigenvalue weighted by Gasteiger charge is -2.11. The predicted molar refractivity (Wildman–Crippen MR) is 60.4 cm³/mol. The highest BCUT2D eigenvalue weighted by Gasteiger charge is 2.18. The summed E-state index contributed by atoms with van der Waals surface area (Å²) in [5.41, 5.74) is 0. The zero-order valence-corrected chi connectivity index (χ0v) is 9.85. The molecule has 4 nitrogen and oxygen atoms in total. The van der Waals surface area contributed by atoms with Gasteiger partial charge in [-0.3, -0.25) is 5.10 Å². The Bertz CT molecular complexity index is 365. The number of nitrogens with zero attached hydrogens (tertiary/aromatic N) is 2. The minimum atomic E-state index is 0.324. The maximum atomic E-state index is 5.61. The molecule has 1 aliphatic rings. The third-order valence-corrected chi connectivity index (χ3v) is 3.03.